The summed E-state index contributed by atoms with van der Waals surface area (Å²) in [4.78, 5) is 11.5. The average Bonchev–Trinajstić information content (AvgIpc) is 2.53. The molecule has 7 heteroatoms. The predicted molar refractivity (Wildman–Crippen MR) is 92.6 cm³/mol. The van der Waals surface area contributed by atoms with Crippen molar-refractivity contribution in [2.45, 2.75) is 51.9 Å². The Morgan fingerprint density at radius 1 is 1.12 bits per heavy atom. The highest BCUT2D eigenvalue weighted by atomic mass is 31.2. The van der Waals surface area contributed by atoms with Crippen molar-refractivity contribution in [2.24, 2.45) is 5.92 Å². The van der Waals surface area contributed by atoms with Crippen LogP contribution in [0.25, 0.3) is 0 Å². The minimum absolute atomic E-state index is 0.295. The van der Waals surface area contributed by atoms with Crippen LogP contribution in [0.1, 0.15) is 39.5 Å². The highest BCUT2D eigenvalue weighted by molar-refractivity contribution is 7.67. The molecule has 0 fully saturated rings. The topological polar surface area (TPSA) is 104 Å². The molecule has 1 aromatic rings. The Kier molecular flexibility index (Phi) is 8.63. The number of hydrogen-bond acceptors (Lipinski definition) is 5. The van der Waals surface area contributed by atoms with Gasteiger partial charge in [0.25, 0.3) is 0 Å². The third-order valence-corrected chi connectivity index (χ3v) is 6.32. The summed E-state index contributed by atoms with van der Waals surface area (Å²) in [6, 6.07) is 8.28. The maximum atomic E-state index is 13.4. The van der Waals surface area contributed by atoms with E-state index in [1.807, 2.05) is 13.8 Å². The summed E-state index contributed by atoms with van der Waals surface area (Å²) in [7, 11) is -3.64. The van der Waals surface area contributed by atoms with Gasteiger partial charge in [-0.1, -0.05) is 44.9 Å². The Bertz CT molecular complexity index is 547. The Balaban J connectivity index is 3.12. The summed E-state index contributed by atoms with van der Waals surface area (Å²) >= 11 is 0. The van der Waals surface area contributed by atoms with Crippen LogP contribution >= 0.6 is 7.37 Å². The van der Waals surface area contributed by atoms with E-state index in [0.29, 0.717) is 31.0 Å². The van der Waals surface area contributed by atoms with Crippen LogP contribution in [0.5, 0.6) is 0 Å². The van der Waals surface area contributed by atoms with Crippen molar-refractivity contribution < 1.29 is 29.2 Å². The van der Waals surface area contributed by atoms with Crippen LogP contribution in [0, 0.1) is 5.92 Å². The molecule has 6 nitrogen and oxygen atoms in total. The fourth-order valence-corrected chi connectivity index (χ4v) is 4.94. The molecular formula is C17H27O6P. The minimum atomic E-state index is -3.64. The first kappa shape index (κ1) is 20.8. The van der Waals surface area contributed by atoms with Crippen LogP contribution in [-0.2, 0) is 13.9 Å². The second kappa shape index (κ2) is 9.94. The monoisotopic (exact) mass is 358 g/mol. The molecular weight excluding hydrogens is 331 g/mol. The van der Waals surface area contributed by atoms with Crippen LogP contribution in [-0.4, -0.2) is 39.8 Å². The van der Waals surface area contributed by atoms with Crippen molar-refractivity contribution in [3.05, 3.63) is 30.3 Å². The smallest absolute Gasteiger partial charge is 0.309 e. The van der Waals surface area contributed by atoms with Crippen molar-refractivity contribution in [2.75, 3.05) is 6.16 Å². The molecule has 4 atom stereocenters. The SMILES string of the molecule is CCCC(O)OP(=O)(CC(C(=O)O)C(O)CCC)c1ccccc1. The normalized spacial score (nSPS) is 17.7. The van der Waals surface area contributed by atoms with Gasteiger partial charge in [0.15, 0.2) is 6.29 Å². The fraction of sp³-hybridized carbons (Fsp3) is 0.588. The number of carboxylic acids is 1. The zero-order valence-electron chi connectivity index (χ0n) is 14.2. The number of aliphatic hydroxyl groups is 2. The molecule has 0 aliphatic carbocycles. The molecule has 136 valence electrons. The Morgan fingerprint density at radius 2 is 1.71 bits per heavy atom. The van der Waals surface area contributed by atoms with Gasteiger partial charge in [0.2, 0.25) is 7.37 Å². The van der Waals surface area contributed by atoms with Crippen molar-refractivity contribution in [3.8, 4) is 0 Å². The number of benzene rings is 1. The number of aliphatic hydroxyl groups excluding tert-OH is 2. The Morgan fingerprint density at radius 3 is 2.21 bits per heavy atom. The molecule has 1 rings (SSSR count). The molecule has 1 aromatic carbocycles. The largest absolute Gasteiger partial charge is 0.481 e. The molecule has 0 aliphatic rings. The van der Waals surface area contributed by atoms with E-state index < -0.39 is 31.7 Å². The maximum Gasteiger partial charge on any atom is 0.309 e. The maximum absolute atomic E-state index is 13.4. The summed E-state index contributed by atoms with van der Waals surface area (Å²) in [5, 5.41) is 29.8. The van der Waals surface area contributed by atoms with Gasteiger partial charge in [-0.2, -0.15) is 0 Å². The summed E-state index contributed by atoms with van der Waals surface area (Å²) in [6.45, 7) is 3.69. The lowest BCUT2D eigenvalue weighted by Crippen LogP contribution is -2.33. The van der Waals surface area contributed by atoms with Gasteiger partial charge in [-0.25, -0.2) is 0 Å². The van der Waals surface area contributed by atoms with E-state index in [-0.39, 0.29) is 6.16 Å². The second-order valence-electron chi connectivity index (χ2n) is 5.84. The van der Waals surface area contributed by atoms with Gasteiger partial charge in [0, 0.05) is 11.5 Å². The summed E-state index contributed by atoms with van der Waals surface area (Å²) in [6.07, 6.45) is -0.865. The first-order valence-electron chi connectivity index (χ1n) is 8.26. The molecule has 0 amide bonds. The molecule has 4 unspecified atom stereocenters. The minimum Gasteiger partial charge on any atom is -0.481 e. The van der Waals surface area contributed by atoms with Crippen LogP contribution < -0.4 is 5.30 Å². The molecule has 24 heavy (non-hydrogen) atoms. The van der Waals surface area contributed by atoms with Gasteiger partial charge in [0.1, 0.15) is 0 Å². The molecule has 3 N–H and O–H groups in total. The summed E-state index contributed by atoms with van der Waals surface area (Å²) in [5.74, 6) is -2.44. The van der Waals surface area contributed by atoms with Gasteiger partial charge in [-0.15, -0.1) is 0 Å². The van der Waals surface area contributed by atoms with E-state index in [1.165, 1.54) is 0 Å². The zero-order valence-corrected chi connectivity index (χ0v) is 15.1. The van der Waals surface area contributed by atoms with E-state index in [2.05, 4.69) is 0 Å². The second-order valence-corrected chi connectivity index (χ2v) is 8.28. The van der Waals surface area contributed by atoms with E-state index in [4.69, 9.17) is 4.52 Å². The third kappa shape index (κ3) is 6.02. The molecule has 0 aromatic heterocycles. The molecule has 0 saturated heterocycles. The Hall–Kier alpha value is -1.20. The van der Waals surface area contributed by atoms with Crippen LogP contribution in [0.4, 0.5) is 0 Å². The lowest BCUT2D eigenvalue weighted by atomic mass is 10.0. The van der Waals surface area contributed by atoms with Crippen molar-refractivity contribution in [3.63, 3.8) is 0 Å². The van der Waals surface area contributed by atoms with E-state index in [9.17, 15) is 24.7 Å². The van der Waals surface area contributed by atoms with Crippen molar-refractivity contribution in [1.29, 1.82) is 0 Å². The molecule has 0 bridgehead atoms. The third-order valence-electron chi connectivity index (χ3n) is 3.78. The zero-order chi connectivity index (χ0) is 18.2. The van der Waals surface area contributed by atoms with Crippen molar-refractivity contribution >= 4 is 18.6 Å². The molecule has 0 saturated carbocycles. The fourth-order valence-electron chi connectivity index (χ4n) is 2.48. The van der Waals surface area contributed by atoms with Gasteiger partial charge < -0.3 is 15.3 Å². The average molecular weight is 358 g/mol. The van der Waals surface area contributed by atoms with Crippen LogP contribution in [0.3, 0.4) is 0 Å². The number of rotatable bonds is 11. The molecule has 0 radical (unpaired) electrons. The number of aliphatic carboxylic acids is 1. The number of carboxylic acid groups (broad SMARTS) is 1. The number of hydrogen-bond donors (Lipinski definition) is 3. The molecule has 0 heterocycles. The van der Waals surface area contributed by atoms with Gasteiger partial charge in [-0.3, -0.25) is 13.9 Å². The van der Waals surface area contributed by atoms with Crippen molar-refractivity contribution in [1.82, 2.24) is 0 Å². The Labute approximate surface area is 142 Å². The van der Waals surface area contributed by atoms with Gasteiger partial charge in [0.05, 0.1) is 12.0 Å². The van der Waals surface area contributed by atoms with Gasteiger partial charge in [-0.05, 0) is 25.0 Å². The first-order valence-corrected chi connectivity index (χ1v) is 10.1. The predicted octanol–water partition coefficient (Wildman–Crippen LogP) is 2.59. The highest BCUT2D eigenvalue weighted by Crippen LogP contribution is 2.49. The summed E-state index contributed by atoms with van der Waals surface area (Å²) in [5.41, 5.74) is 0. The van der Waals surface area contributed by atoms with Crippen LogP contribution in [0.2, 0.25) is 0 Å². The van der Waals surface area contributed by atoms with E-state index in [0.717, 1.165) is 0 Å². The quantitative estimate of drug-likeness (QED) is 0.415. The first-order chi connectivity index (χ1) is 11.3. The van der Waals surface area contributed by atoms with E-state index in [1.54, 1.807) is 30.3 Å². The molecule has 0 aliphatic heterocycles. The standard InChI is InChI=1S/C17H27O6P/c1-3-8-15(18)14(17(20)21)12-24(22,23-16(19)9-4-2)13-10-6-5-7-11-13/h5-7,10-11,14-16,18-19H,3-4,8-9,12H2,1-2H3,(H,20,21). The van der Waals surface area contributed by atoms with E-state index >= 15 is 0 Å². The van der Waals surface area contributed by atoms with Crippen LogP contribution in [0.15, 0.2) is 30.3 Å². The lowest BCUT2D eigenvalue weighted by molar-refractivity contribution is -0.144. The van der Waals surface area contributed by atoms with Gasteiger partial charge >= 0.3 is 5.97 Å². The summed E-state index contributed by atoms with van der Waals surface area (Å²) < 4.78 is 18.8. The highest BCUT2D eigenvalue weighted by Gasteiger charge is 2.38. The molecule has 0 spiro atoms. The lowest BCUT2D eigenvalue weighted by Gasteiger charge is -2.27. The number of carbonyl (C=O) groups is 1.